The summed E-state index contributed by atoms with van der Waals surface area (Å²) in [5.41, 5.74) is 9.06. The number of rotatable bonds is 1. The van der Waals surface area contributed by atoms with E-state index in [0.717, 1.165) is 6.42 Å². The van der Waals surface area contributed by atoms with Crippen molar-refractivity contribution in [3.8, 4) is 0 Å². The molecule has 0 heterocycles. The maximum absolute atomic E-state index is 7.63. The van der Waals surface area contributed by atoms with E-state index in [4.69, 9.17) is 4.74 Å². The van der Waals surface area contributed by atoms with E-state index < -0.39 is 5.41 Å². The summed E-state index contributed by atoms with van der Waals surface area (Å²) < 4.78 is 7.63. The van der Waals surface area contributed by atoms with Crippen molar-refractivity contribution in [1.82, 2.24) is 0 Å². The number of fused-ring (bicyclic) bond motifs is 1. The van der Waals surface area contributed by atoms with Gasteiger partial charge in [0, 0.05) is 12.5 Å². The molecule has 1 unspecified atom stereocenters. The molecule has 292 valence electrons. The lowest BCUT2D eigenvalue weighted by molar-refractivity contribution is 0.0106. The largest absolute Gasteiger partial charge is 0.375 e. The first-order valence-corrected chi connectivity index (χ1v) is 26.3. The molecule has 70 heavy (non-hydrogen) atoms. The molecule has 0 N–H and O–H groups in total. The molecule has 2 spiro atoms. The third-order valence-electron chi connectivity index (χ3n) is 26.0. The second-order valence-electron chi connectivity index (χ2n) is 26.0. The van der Waals surface area contributed by atoms with Gasteiger partial charge in [-0.1, -0.05) is 24.3 Å². The first-order valence-electron chi connectivity index (χ1n) is 26.3. The first-order chi connectivity index (χ1) is 34.9. The van der Waals surface area contributed by atoms with Gasteiger partial charge < -0.3 is 4.74 Å². The maximum Gasteiger partial charge on any atom is 0.0973 e. The predicted molar refractivity (Wildman–Crippen MR) is 294 cm³/mol. The smallest absolute Gasteiger partial charge is 0.0973 e. The Kier molecular flexibility index (Phi) is 2.15. The Hall–Kier alpha value is -8.36. The van der Waals surface area contributed by atoms with E-state index >= 15 is 0 Å². The normalized spacial score (nSPS) is 23.5. The van der Waals surface area contributed by atoms with Gasteiger partial charge in [-0.25, -0.2) is 0 Å². The minimum Gasteiger partial charge on any atom is -0.375 e. The van der Waals surface area contributed by atoms with Gasteiger partial charge in [-0.3, -0.25) is 0 Å². The van der Waals surface area contributed by atoms with E-state index in [1.54, 1.807) is 313 Å². The molecule has 0 aromatic heterocycles. The molecule has 1 atom stereocenters. The van der Waals surface area contributed by atoms with Gasteiger partial charge >= 0.3 is 0 Å². The first kappa shape index (κ1) is 25.8. The fraction of sp³-hybridized carbons (Fsp3) is 0.0725. The highest BCUT2D eigenvalue weighted by Crippen LogP contribution is 2.86. The summed E-state index contributed by atoms with van der Waals surface area (Å²) >= 11 is 0. The molecule has 5 aliphatic rings. The van der Waals surface area contributed by atoms with Gasteiger partial charge in [-0.05, 0) is 331 Å². The number of hydrogen-bond donors (Lipinski definition) is 0. The molecule has 1 heteroatoms. The number of ether oxygens (including phenoxy) is 1. The predicted octanol–water partition coefficient (Wildman–Crippen LogP) is 18.2. The Morgan fingerprint density at radius 2 is 0.471 bits per heavy atom. The van der Waals surface area contributed by atoms with Gasteiger partial charge in [0.25, 0.3) is 0 Å². The highest BCUT2D eigenvalue weighted by atomic mass is 16.5. The van der Waals surface area contributed by atoms with Gasteiger partial charge in [0.15, 0.2) is 0 Å². The Bertz CT molecular complexity index is 7200. The molecule has 1 nitrogen and oxygen atoms in total. The molecule has 0 saturated heterocycles. The highest BCUT2D eigenvalue weighted by Gasteiger charge is 2.74. The summed E-state index contributed by atoms with van der Waals surface area (Å²) in [5, 5.41) is 89.4. The lowest BCUT2D eigenvalue weighted by Crippen LogP contribution is -2.59. The van der Waals surface area contributed by atoms with Gasteiger partial charge in [-0.2, -0.15) is 0 Å². The summed E-state index contributed by atoms with van der Waals surface area (Å²) in [6.07, 6.45) is 0.895. The lowest BCUT2D eigenvalue weighted by Gasteiger charge is -2.60. The minimum atomic E-state index is -0.429. The monoisotopic (exact) mass is 854 g/mol. The van der Waals surface area contributed by atoms with Gasteiger partial charge in [0.2, 0.25) is 0 Å². The van der Waals surface area contributed by atoms with Crippen molar-refractivity contribution >= 4 is 291 Å². The van der Waals surface area contributed by atoms with Crippen LogP contribution in [0.4, 0.5) is 0 Å². The van der Waals surface area contributed by atoms with E-state index in [1.165, 1.54) is 11.1 Å². The van der Waals surface area contributed by atoms with Crippen molar-refractivity contribution in [2.24, 2.45) is 0 Å². The van der Waals surface area contributed by atoms with E-state index in [0.29, 0.717) is 0 Å². The topological polar surface area (TPSA) is 9.23 Å². The molecule has 29 aromatic carbocycles. The summed E-state index contributed by atoms with van der Waals surface area (Å²) in [6, 6.07) is 9.73. The SMILES string of the molecule is COC1c2ccccc2CC23c4c5c6c7c8c9c(c%10c%11c2c2c4c4c%12c5c5c6c6c8c8c%13c9c9c%10c%10c%11c%11c2c2c4c4c%12c%12c5c5c6c8c6c8c%13c9c9c%10c%10c%11c2c2c4c4c%12c5c6c5c8c9c%10c2c45)C713. The Labute approximate surface area is 381 Å². The second-order valence-corrected chi connectivity index (χ2v) is 26.0. The van der Waals surface area contributed by atoms with Crippen LogP contribution in [0.3, 0.4) is 0 Å². The fourth-order valence-electron chi connectivity index (χ4n) is 26.0. The zero-order valence-electron chi connectivity index (χ0n) is 36.0. The van der Waals surface area contributed by atoms with Crippen LogP contribution in [0.1, 0.15) is 39.5 Å². The van der Waals surface area contributed by atoms with Gasteiger partial charge in [0.1, 0.15) is 0 Å². The van der Waals surface area contributed by atoms with Crippen LogP contribution < -0.4 is 0 Å². The number of methoxy groups -OCH3 is 1. The molecule has 0 aliphatic heterocycles. The average Bonchev–Trinajstić information content (AvgIpc) is 4.29. The van der Waals surface area contributed by atoms with Gasteiger partial charge in [-0.15, -0.1) is 0 Å². The molecule has 0 radical (unpaired) electrons. The summed E-state index contributed by atoms with van der Waals surface area (Å²) in [4.78, 5) is 0. The van der Waals surface area contributed by atoms with Crippen LogP contribution in [-0.4, -0.2) is 7.11 Å². The van der Waals surface area contributed by atoms with E-state index in [-0.39, 0.29) is 11.5 Å². The quantitative estimate of drug-likeness (QED) is 0.150. The van der Waals surface area contributed by atoms with Crippen molar-refractivity contribution < 1.29 is 4.74 Å². The van der Waals surface area contributed by atoms with Crippen LogP contribution in [0.5, 0.6) is 0 Å². The molecule has 29 aromatic rings. The van der Waals surface area contributed by atoms with Gasteiger partial charge in [0.05, 0.1) is 11.5 Å². The Morgan fingerprint density at radius 3 is 0.700 bits per heavy atom. The van der Waals surface area contributed by atoms with E-state index in [2.05, 4.69) is 31.4 Å². The number of hydrogen-bond acceptors (Lipinski definition) is 1. The highest BCUT2D eigenvalue weighted by molar-refractivity contribution is 6.82. The third-order valence-corrected chi connectivity index (χ3v) is 26.0. The molecule has 0 fully saturated rings. The van der Waals surface area contributed by atoms with Crippen molar-refractivity contribution in [2.45, 2.75) is 23.4 Å². The third kappa shape index (κ3) is 1.33. The standard InChI is InChI=1S/C69H10O/c1-70-67-8-5-3-2-4-7(8)6-68-63-55-47-37-27-19-11-9-10-13-17-15(11)23-31-25(17)35-29-21(13)22-14(10)18-16-12(9)20(19)28-34-24(16)32-26(18)36-30(22)40-39(29)51-45(35)53-43(31)49(41(47)33(23)27)57(63)59(53)65-61(51)62-52(40)46(36)54-44(32)50-42(34)48(38(28)37)56(55)64(68)58(50)60(54)66(62)69(65,67)68/h2-5,67H,6H2,1H3. The summed E-state index contributed by atoms with van der Waals surface area (Å²) in [5.74, 6) is 0. The molecule has 5 aliphatic carbocycles. The summed E-state index contributed by atoms with van der Waals surface area (Å²) in [7, 11) is 2.12. The molecule has 0 amide bonds. The van der Waals surface area contributed by atoms with E-state index in [9.17, 15) is 0 Å². The van der Waals surface area contributed by atoms with Crippen LogP contribution in [0.2, 0.25) is 0 Å². The number of benzene rings is 19. The second kappa shape index (κ2) is 5.81. The van der Waals surface area contributed by atoms with Crippen LogP contribution in [0, 0.1) is 0 Å². The van der Waals surface area contributed by atoms with E-state index in [1.807, 2.05) is 0 Å². The molecular formula is C69H10O. The Morgan fingerprint density at radius 1 is 0.271 bits per heavy atom. The van der Waals surface area contributed by atoms with Crippen LogP contribution in [0.25, 0.3) is 291 Å². The van der Waals surface area contributed by atoms with Crippen LogP contribution >= 0.6 is 0 Å². The van der Waals surface area contributed by atoms with Crippen molar-refractivity contribution in [3.63, 3.8) is 0 Å². The van der Waals surface area contributed by atoms with Crippen molar-refractivity contribution in [1.29, 1.82) is 0 Å². The average molecular weight is 855 g/mol. The molecular weight excluding hydrogens is 845 g/mol. The zero-order valence-corrected chi connectivity index (χ0v) is 36.0. The minimum absolute atomic E-state index is 0.131. The lowest BCUT2D eigenvalue weighted by atomic mass is 9.42. The Balaban J connectivity index is 1.20. The fourth-order valence-corrected chi connectivity index (χ4v) is 26.0. The van der Waals surface area contributed by atoms with Crippen LogP contribution in [0.15, 0.2) is 24.3 Å². The van der Waals surface area contributed by atoms with Crippen molar-refractivity contribution in [2.75, 3.05) is 7.11 Å². The molecule has 0 saturated carbocycles. The maximum atomic E-state index is 7.63. The van der Waals surface area contributed by atoms with Crippen molar-refractivity contribution in [3.05, 3.63) is 57.6 Å². The summed E-state index contributed by atoms with van der Waals surface area (Å²) in [6.45, 7) is 0. The molecule has 0 bridgehead atoms. The zero-order chi connectivity index (χ0) is 41.5. The van der Waals surface area contributed by atoms with Crippen LogP contribution in [-0.2, 0) is 22.0 Å². The molecule has 34 rings (SSSR count).